The maximum absolute atomic E-state index is 13.0. The van der Waals surface area contributed by atoms with Gasteiger partial charge in [-0.2, -0.15) is 0 Å². The lowest BCUT2D eigenvalue weighted by atomic mass is 9.96. The van der Waals surface area contributed by atoms with E-state index < -0.39 is 6.04 Å². The summed E-state index contributed by atoms with van der Waals surface area (Å²) in [4.78, 5) is 15.3. The van der Waals surface area contributed by atoms with Crippen LogP contribution in [-0.4, -0.2) is 56.7 Å². The fourth-order valence-corrected chi connectivity index (χ4v) is 3.47. The summed E-state index contributed by atoms with van der Waals surface area (Å²) in [5.41, 5.74) is 7.98. The maximum Gasteiger partial charge on any atom is 0.203 e. The quantitative estimate of drug-likeness (QED) is 0.527. The molecule has 0 radical (unpaired) electrons. The molecular formula is C21H32N2O4. The van der Waals surface area contributed by atoms with Crippen LogP contribution in [0.25, 0.3) is 0 Å². The summed E-state index contributed by atoms with van der Waals surface area (Å²) in [6, 6.07) is 2.88. The van der Waals surface area contributed by atoms with Crippen molar-refractivity contribution in [2.45, 2.75) is 45.7 Å². The normalized spacial score (nSPS) is 18.1. The Kier molecular flexibility index (Phi) is 7.68. The van der Waals surface area contributed by atoms with Crippen molar-refractivity contribution in [2.24, 2.45) is 5.73 Å². The minimum Gasteiger partial charge on any atom is -0.493 e. The van der Waals surface area contributed by atoms with Crippen LogP contribution in [-0.2, 0) is 0 Å². The van der Waals surface area contributed by atoms with Gasteiger partial charge in [-0.1, -0.05) is 12.5 Å². The second-order valence-electron chi connectivity index (χ2n) is 7.03. The molecule has 2 unspecified atom stereocenters. The fourth-order valence-electron chi connectivity index (χ4n) is 3.47. The number of likely N-dealkylation sites (tertiary alicyclic amines) is 1. The topological polar surface area (TPSA) is 74.0 Å². The van der Waals surface area contributed by atoms with Gasteiger partial charge in [0.1, 0.15) is 6.61 Å². The predicted molar refractivity (Wildman–Crippen MR) is 107 cm³/mol. The summed E-state index contributed by atoms with van der Waals surface area (Å²) in [5, 5.41) is 0. The molecule has 1 fully saturated rings. The molecule has 6 heteroatoms. The zero-order chi connectivity index (χ0) is 20.0. The molecule has 1 heterocycles. The molecule has 1 aromatic carbocycles. The van der Waals surface area contributed by atoms with Crippen LogP contribution in [0.5, 0.6) is 17.2 Å². The second kappa shape index (κ2) is 9.76. The van der Waals surface area contributed by atoms with E-state index in [1.165, 1.54) is 0 Å². The Morgan fingerprint density at radius 1 is 1.30 bits per heavy atom. The van der Waals surface area contributed by atoms with Crippen molar-refractivity contribution in [1.82, 2.24) is 4.90 Å². The van der Waals surface area contributed by atoms with Gasteiger partial charge in [0, 0.05) is 11.6 Å². The Labute approximate surface area is 162 Å². The van der Waals surface area contributed by atoms with Gasteiger partial charge >= 0.3 is 0 Å². The van der Waals surface area contributed by atoms with Crippen LogP contribution in [0, 0.1) is 0 Å². The van der Waals surface area contributed by atoms with Gasteiger partial charge in [-0.15, -0.1) is 0 Å². The molecule has 0 bridgehead atoms. The summed E-state index contributed by atoms with van der Waals surface area (Å²) >= 11 is 0. The largest absolute Gasteiger partial charge is 0.493 e. The van der Waals surface area contributed by atoms with Gasteiger partial charge in [0.2, 0.25) is 5.75 Å². The molecule has 2 atom stereocenters. The number of likely N-dealkylation sites (N-methyl/N-ethyl adjacent to an activating group) is 1. The molecule has 6 nitrogen and oxygen atoms in total. The van der Waals surface area contributed by atoms with Crippen LogP contribution in [0.3, 0.4) is 0 Å². The molecule has 0 saturated carbocycles. The average Bonchev–Trinajstić information content (AvgIpc) is 3.15. The van der Waals surface area contributed by atoms with Crippen LogP contribution in [0.4, 0.5) is 0 Å². The van der Waals surface area contributed by atoms with Gasteiger partial charge in [-0.3, -0.25) is 9.69 Å². The molecule has 2 N–H and O–H groups in total. The number of nitrogens with two attached hydrogens (primary N) is 1. The first-order valence-electron chi connectivity index (χ1n) is 9.48. The predicted octanol–water partition coefficient (Wildman–Crippen LogP) is 3.04. The lowest BCUT2D eigenvalue weighted by Gasteiger charge is -2.27. The van der Waals surface area contributed by atoms with Crippen LogP contribution in [0.1, 0.15) is 44.0 Å². The van der Waals surface area contributed by atoms with E-state index in [0.29, 0.717) is 29.4 Å². The third-order valence-electron chi connectivity index (χ3n) is 5.00. The van der Waals surface area contributed by atoms with E-state index in [4.69, 9.17) is 19.9 Å². The van der Waals surface area contributed by atoms with Crippen LogP contribution in [0.2, 0.25) is 0 Å². The van der Waals surface area contributed by atoms with E-state index in [0.717, 1.165) is 31.5 Å². The lowest BCUT2D eigenvalue weighted by Crippen LogP contribution is -2.48. The van der Waals surface area contributed by atoms with E-state index >= 15 is 0 Å². The highest BCUT2D eigenvalue weighted by atomic mass is 16.5. The van der Waals surface area contributed by atoms with Crippen molar-refractivity contribution in [1.29, 1.82) is 0 Å². The van der Waals surface area contributed by atoms with Gasteiger partial charge in [0.15, 0.2) is 17.3 Å². The van der Waals surface area contributed by atoms with Crippen LogP contribution >= 0.6 is 0 Å². The van der Waals surface area contributed by atoms with Gasteiger partial charge in [0.25, 0.3) is 0 Å². The molecule has 1 aliphatic rings. The van der Waals surface area contributed by atoms with Gasteiger partial charge in [0.05, 0.1) is 20.3 Å². The first kappa shape index (κ1) is 21.3. The third-order valence-corrected chi connectivity index (χ3v) is 5.00. The number of hydrogen-bond donors (Lipinski definition) is 1. The fraction of sp³-hybridized carbons (Fsp3) is 0.571. The van der Waals surface area contributed by atoms with E-state index in [1.807, 2.05) is 19.9 Å². The first-order valence-corrected chi connectivity index (χ1v) is 9.48. The average molecular weight is 376 g/mol. The van der Waals surface area contributed by atoms with Gasteiger partial charge in [-0.05, 0) is 58.0 Å². The SMILES string of the molecule is CCN1CCCC1C(N)C(=O)c1cc(OC)c(OCC=C(C)C)c(OC)c1. The summed E-state index contributed by atoms with van der Waals surface area (Å²) in [7, 11) is 3.10. The second-order valence-corrected chi connectivity index (χ2v) is 7.03. The number of carbonyl (C=O) groups excluding carboxylic acids is 1. The van der Waals surface area contributed by atoms with Crippen molar-refractivity contribution in [2.75, 3.05) is 33.9 Å². The third kappa shape index (κ3) is 5.02. The van der Waals surface area contributed by atoms with Gasteiger partial charge < -0.3 is 19.9 Å². The standard InChI is InChI=1S/C21H32N2O4/c1-6-23-10-7-8-16(23)19(22)20(24)15-12-17(25-4)21(18(13-15)26-5)27-11-9-14(2)3/h9,12-13,16,19H,6-8,10-11,22H2,1-5H3. The van der Waals surface area contributed by atoms with E-state index in [-0.39, 0.29) is 11.8 Å². The number of benzene rings is 1. The number of nitrogens with zero attached hydrogens (tertiary/aromatic N) is 1. The van der Waals surface area contributed by atoms with E-state index in [2.05, 4.69) is 11.8 Å². The zero-order valence-corrected chi connectivity index (χ0v) is 17.1. The van der Waals surface area contributed by atoms with Crippen molar-refractivity contribution < 1.29 is 19.0 Å². The smallest absolute Gasteiger partial charge is 0.203 e. The molecule has 2 rings (SSSR count). The Bertz CT molecular complexity index is 658. The highest BCUT2D eigenvalue weighted by Gasteiger charge is 2.33. The van der Waals surface area contributed by atoms with Crippen molar-refractivity contribution in [3.63, 3.8) is 0 Å². The van der Waals surface area contributed by atoms with Gasteiger partial charge in [-0.25, -0.2) is 0 Å². The Morgan fingerprint density at radius 2 is 1.93 bits per heavy atom. The molecule has 1 aromatic rings. The molecule has 0 spiro atoms. The molecule has 0 amide bonds. The highest BCUT2D eigenvalue weighted by molar-refractivity contribution is 6.01. The molecule has 1 aliphatic heterocycles. The number of ketones is 1. The molecule has 150 valence electrons. The molecular weight excluding hydrogens is 344 g/mol. The summed E-state index contributed by atoms with van der Waals surface area (Å²) in [5.74, 6) is 1.31. The Hall–Kier alpha value is -2.05. The molecule has 0 aromatic heterocycles. The summed E-state index contributed by atoms with van der Waals surface area (Å²) in [6.45, 7) is 8.39. The van der Waals surface area contributed by atoms with E-state index in [9.17, 15) is 4.79 Å². The Morgan fingerprint density at radius 3 is 2.44 bits per heavy atom. The maximum atomic E-state index is 13.0. The monoisotopic (exact) mass is 376 g/mol. The number of Topliss-reactive ketones (excluding diaryl/α,β-unsaturated/α-hetero) is 1. The zero-order valence-electron chi connectivity index (χ0n) is 17.1. The minimum absolute atomic E-state index is 0.0769. The Balaban J connectivity index is 2.28. The number of carbonyl (C=O) groups is 1. The first-order chi connectivity index (χ1) is 12.9. The van der Waals surface area contributed by atoms with Crippen LogP contribution < -0.4 is 19.9 Å². The molecule has 0 aliphatic carbocycles. The van der Waals surface area contributed by atoms with Crippen LogP contribution in [0.15, 0.2) is 23.8 Å². The number of ether oxygens (including phenoxy) is 3. The van der Waals surface area contributed by atoms with Crippen molar-refractivity contribution in [3.05, 3.63) is 29.3 Å². The van der Waals surface area contributed by atoms with Crippen molar-refractivity contribution >= 4 is 5.78 Å². The number of hydrogen-bond acceptors (Lipinski definition) is 6. The lowest BCUT2D eigenvalue weighted by molar-refractivity contribution is 0.0907. The minimum atomic E-state index is -0.570. The summed E-state index contributed by atoms with van der Waals surface area (Å²) < 4.78 is 16.7. The number of rotatable bonds is 9. The molecule has 27 heavy (non-hydrogen) atoms. The van der Waals surface area contributed by atoms with E-state index in [1.54, 1.807) is 26.4 Å². The van der Waals surface area contributed by atoms with Crippen molar-refractivity contribution in [3.8, 4) is 17.2 Å². The summed E-state index contributed by atoms with van der Waals surface area (Å²) in [6.07, 6.45) is 3.98. The number of methoxy groups -OCH3 is 2. The number of allylic oxidation sites excluding steroid dienone is 1. The highest BCUT2D eigenvalue weighted by Crippen LogP contribution is 2.39. The molecule has 1 saturated heterocycles.